The first kappa shape index (κ1) is 12.6. The molecule has 0 fully saturated rings. The van der Waals surface area contributed by atoms with Crippen molar-refractivity contribution in [3.05, 3.63) is 47.5 Å². The molecule has 2 aromatic rings. The molecule has 3 rings (SSSR count). The third kappa shape index (κ3) is 2.48. The number of para-hydroxylation sites is 1. The Morgan fingerprint density at radius 3 is 2.75 bits per heavy atom. The first-order valence-electron chi connectivity index (χ1n) is 6.33. The molecule has 1 aliphatic rings. The minimum Gasteiger partial charge on any atom is -0.504 e. The lowest BCUT2D eigenvalue weighted by Gasteiger charge is -2.08. The molecule has 0 spiro atoms. The van der Waals surface area contributed by atoms with Gasteiger partial charge in [0.15, 0.2) is 23.0 Å². The summed E-state index contributed by atoms with van der Waals surface area (Å²) in [6.07, 6.45) is 0. The van der Waals surface area contributed by atoms with Gasteiger partial charge in [0.05, 0.1) is 0 Å². The van der Waals surface area contributed by atoms with Crippen LogP contribution >= 0.6 is 0 Å². The zero-order chi connectivity index (χ0) is 13.9. The van der Waals surface area contributed by atoms with Gasteiger partial charge in [-0.05, 0) is 23.8 Å². The Labute approximate surface area is 116 Å². The van der Waals surface area contributed by atoms with Crippen molar-refractivity contribution in [1.82, 2.24) is 5.32 Å². The van der Waals surface area contributed by atoms with Crippen LogP contribution in [0.15, 0.2) is 36.4 Å². The summed E-state index contributed by atoms with van der Waals surface area (Å²) in [5.41, 5.74) is 1.72. The van der Waals surface area contributed by atoms with Gasteiger partial charge in [-0.2, -0.15) is 0 Å². The number of rotatable bonds is 4. The van der Waals surface area contributed by atoms with E-state index in [4.69, 9.17) is 9.47 Å². The van der Waals surface area contributed by atoms with Crippen LogP contribution in [0.3, 0.4) is 0 Å². The minimum atomic E-state index is -0.104. The molecule has 0 bridgehead atoms. The molecule has 0 aliphatic carbocycles. The number of hydrogen-bond acceptors (Lipinski definition) is 5. The van der Waals surface area contributed by atoms with E-state index >= 15 is 0 Å². The van der Waals surface area contributed by atoms with E-state index in [0.29, 0.717) is 18.7 Å². The van der Waals surface area contributed by atoms with Crippen LogP contribution < -0.4 is 14.8 Å². The van der Waals surface area contributed by atoms with Crippen molar-refractivity contribution in [1.29, 1.82) is 0 Å². The first-order valence-corrected chi connectivity index (χ1v) is 6.33. The van der Waals surface area contributed by atoms with Crippen molar-refractivity contribution >= 4 is 0 Å². The fourth-order valence-corrected chi connectivity index (χ4v) is 2.11. The molecule has 0 amide bonds. The van der Waals surface area contributed by atoms with Gasteiger partial charge in [-0.15, -0.1) is 0 Å². The van der Waals surface area contributed by atoms with E-state index in [9.17, 15) is 10.2 Å². The van der Waals surface area contributed by atoms with Gasteiger partial charge in [0.1, 0.15) is 0 Å². The van der Waals surface area contributed by atoms with Crippen LogP contribution in [0.4, 0.5) is 0 Å². The van der Waals surface area contributed by atoms with E-state index in [2.05, 4.69) is 5.32 Å². The Morgan fingerprint density at radius 2 is 1.85 bits per heavy atom. The normalized spacial score (nSPS) is 12.6. The molecule has 104 valence electrons. The smallest absolute Gasteiger partial charge is 0.231 e. The highest BCUT2D eigenvalue weighted by atomic mass is 16.7. The first-order chi connectivity index (χ1) is 9.74. The molecule has 20 heavy (non-hydrogen) atoms. The van der Waals surface area contributed by atoms with Gasteiger partial charge >= 0.3 is 0 Å². The molecule has 1 heterocycles. The predicted octanol–water partition coefficient (Wildman–Crippen LogP) is 2.12. The lowest BCUT2D eigenvalue weighted by molar-refractivity contribution is 0.174. The van der Waals surface area contributed by atoms with Crippen LogP contribution in [-0.4, -0.2) is 17.0 Å². The fourth-order valence-electron chi connectivity index (χ4n) is 2.11. The number of benzene rings is 2. The fraction of sp³-hybridized carbons (Fsp3) is 0.200. The van der Waals surface area contributed by atoms with Crippen LogP contribution in [0.5, 0.6) is 23.0 Å². The summed E-state index contributed by atoms with van der Waals surface area (Å²) in [4.78, 5) is 0. The summed E-state index contributed by atoms with van der Waals surface area (Å²) in [7, 11) is 0. The van der Waals surface area contributed by atoms with E-state index in [0.717, 1.165) is 17.1 Å². The second-order valence-electron chi connectivity index (χ2n) is 4.58. The number of ether oxygens (including phenoxy) is 2. The molecule has 0 atom stereocenters. The topological polar surface area (TPSA) is 71.0 Å². The van der Waals surface area contributed by atoms with Crippen LogP contribution in [0.1, 0.15) is 11.1 Å². The highest BCUT2D eigenvalue weighted by molar-refractivity contribution is 5.45. The molecule has 0 saturated carbocycles. The maximum atomic E-state index is 9.70. The number of fused-ring (bicyclic) bond motifs is 1. The number of hydrogen-bond donors (Lipinski definition) is 3. The van der Waals surface area contributed by atoms with Crippen molar-refractivity contribution in [2.45, 2.75) is 13.1 Å². The number of aromatic hydroxyl groups is 2. The summed E-state index contributed by atoms with van der Waals surface area (Å²) in [6, 6.07) is 10.7. The molecular weight excluding hydrogens is 258 g/mol. The van der Waals surface area contributed by atoms with Crippen LogP contribution in [0, 0.1) is 0 Å². The Morgan fingerprint density at radius 1 is 1.00 bits per heavy atom. The lowest BCUT2D eigenvalue weighted by atomic mass is 10.1. The molecule has 3 N–H and O–H groups in total. The molecule has 1 aliphatic heterocycles. The Hall–Kier alpha value is -2.40. The summed E-state index contributed by atoms with van der Waals surface area (Å²) < 4.78 is 10.6. The molecule has 0 saturated heterocycles. The van der Waals surface area contributed by atoms with Crippen molar-refractivity contribution in [3.8, 4) is 23.0 Å². The predicted molar refractivity (Wildman–Crippen MR) is 72.9 cm³/mol. The zero-order valence-corrected chi connectivity index (χ0v) is 10.8. The van der Waals surface area contributed by atoms with Crippen molar-refractivity contribution < 1.29 is 19.7 Å². The number of phenolic OH excluding ortho intramolecular Hbond substituents is 2. The van der Waals surface area contributed by atoms with Crippen molar-refractivity contribution in [2.24, 2.45) is 0 Å². The zero-order valence-electron chi connectivity index (χ0n) is 10.8. The van der Waals surface area contributed by atoms with Crippen LogP contribution in [0.25, 0.3) is 0 Å². The monoisotopic (exact) mass is 273 g/mol. The van der Waals surface area contributed by atoms with Gasteiger partial charge in [-0.1, -0.05) is 18.2 Å². The van der Waals surface area contributed by atoms with Crippen LogP contribution in [0.2, 0.25) is 0 Å². The average Bonchev–Trinajstić information content (AvgIpc) is 2.91. The lowest BCUT2D eigenvalue weighted by Crippen LogP contribution is -2.12. The van der Waals surface area contributed by atoms with Crippen LogP contribution in [-0.2, 0) is 13.1 Å². The van der Waals surface area contributed by atoms with E-state index in [1.165, 1.54) is 6.07 Å². The van der Waals surface area contributed by atoms with E-state index < -0.39 is 0 Å². The molecule has 2 aromatic carbocycles. The van der Waals surface area contributed by atoms with E-state index in [1.54, 1.807) is 12.1 Å². The number of phenols is 2. The SMILES string of the molecule is Oc1cccc(CNCc2ccc3c(c2)OCO3)c1O. The summed E-state index contributed by atoms with van der Waals surface area (Å²) in [5.74, 6) is 1.34. The Bertz CT molecular complexity index is 627. The largest absolute Gasteiger partial charge is 0.504 e. The van der Waals surface area contributed by atoms with Gasteiger partial charge in [-0.25, -0.2) is 0 Å². The van der Waals surface area contributed by atoms with Gasteiger partial charge in [0.2, 0.25) is 6.79 Å². The van der Waals surface area contributed by atoms with Gasteiger partial charge in [-0.3, -0.25) is 0 Å². The quantitative estimate of drug-likeness (QED) is 0.744. The Kier molecular flexibility index (Phi) is 3.35. The Balaban J connectivity index is 1.61. The maximum Gasteiger partial charge on any atom is 0.231 e. The molecular formula is C15H15NO4. The molecule has 0 radical (unpaired) electrons. The van der Waals surface area contributed by atoms with Crippen molar-refractivity contribution in [2.75, 3.05) is 6.79 Å². The van der Waals surface area contributed by atoms with Gasteiger partial charge in [0, 0.05) is 18.7 Å². The maximum absolute atomic E-state index is 9.70. The van der Waals surface area contributed by atoms with Crippen molar-refractivity contribution in [3.63, 3.8) is 0 Å². The highest BCUT2D eigenvalue weighted by Gasteiger charge is 2.13. The second-order valence-corrected chi connectivity index (χ2v) is 4.58. The van der Waals surface area contributed by atoms with E-state index in [1.807, 2.05) is 18.2 Å². The number of nitrogens with one attached hydrogen (secondary N) is 1. The second kappa shape index (κ2) is 5.30. The standard InChI is InChI=1S/C15H15NO4/c17-12-3-1-2-11(15(12)18)8-16-7-10-4-5-13-14(6-10)20-9-19-13/h1-6,16-18H,7-9H2. The van der Waals surface area contributed by atoms with E-state index in [-0.39, 0.29) is 18.3 Å². The summed E-state index contributed by atoms with van der Waals surface area (Å²) >= 11 is 0. The molecule has 0 unspecified atom stereocenters. The highest BCUT2D eigenvalue weighted by Crippen LogP contribution is 2.32. The van der Waals surface area contributed by atoms with Gasteiger partial charge in [0.25, 0.3) is 0 Å². The molecule has 5 nitrogen and oxygen atoms in total. The third-order valence-electron chi connectivity index (χ3n) is 3.18. The average molecular weight is 273 g/mol. The summed E-state index contributed by atoms with van der Waals surface area (Å²) in [5, 5.41) is 22.3. The third-order valence-corrected chi connectivity index (χ3v) is 3.18. The summed E-state index contributed by atoms with van der Waals surface area (Å²) in [6.45, 7) is 1.36. The van der Waals surface area contributed by atoms with Gasteiger partial charge < -0.3 is 25.0 Å². The minimum absolute atomic E-state index is 0.0781. The molecule has 5 heteroatoms. The molecule has 0 aromatic heterocycles.